The Morgan fingerprint density at radius 2 is 2.32 bits per heavy atom. The van der Waals surface area contributed by atoms with Gasteiger partial charge in [-0.3, -0.25) is 0 Å². The van der Waals surface area contributed by atoms with Crippen molar-refractivity contribution in [3.8, 4) is 5.75 Å². The van der Waals surface area contributed by atoms with E-state index >= 15 is 0 Å². The summed E-state index contributed by atoms with van der Waals surface area (Å²) in [7, 11) is 1.06. The summed E-state index contributed by atoms with van der Waals surface area (Å²) in [5, 5.41) is 9.85. The zero-order valence-corrected chi connectivity index (χ0v) is 11.5. The Labute approximate surface area is 114 Å². The number of hydrogen-bond donors (Lipinski definition) is 1. The second-order valence-corrected chi connectivity index (χ2v) is 5.07. The van der Waals surface area contributed by atoms with Crippen LogP contribution in [0.2, 0.25) is 6.82 Å². The number of carbonyl (C=O) groups excluding carboxylic acids is 1. The maximum absolute atomic E-state index is 11.0. The topological polar surface area (TPSA) is 49.8 Å². The van der Waals surface area contributed by atoms with Gasteiger partial charge in [0.2, 0.25) is 0 Å². The van der Waals surface area contributed by atoms with Crippen LogP contribution in [0.3, 0.4) is 0 Å². The molecule has 0 aromatic heterocycles. The molecule has 2 rings (SSSR count). The molecule has 0 unspecified atom stereocenters. The van der Waals surface area contributed by atoms with Gasteiger partial charge in [0.1, 0.15) is 12.0 Å². The summed E-state index contributed by atoms with van der Waals surface area (Å²) in [6.07, 6.45) is 3.53. The molecule has 102 valence electrons. The number of nitrogens with zero attached hydrogens (tertiary/aromatic N) is 1. The second-order valence-electron chi connectivity index (χ2n) is 5.07. The Morgan fingerprint density at radius 1 is 1.53 bits per heavy atom. The molecule has 1 fully saturated rings. The van der Waals surface area contributed by atoms with Crippen molar-refractivity contribution in [2.24, 2.45) is 0 Å². The third-order valence-corrected chi connectivity index (χ3v) is 3.79. The van der Waals surface area contributed by atoms with Crippen molar-refractivity contribution in [2.75, 3.05) is 7.11 Å². The maximum atomic E-state index is 11.0. The molecule has 1 heterocycles. The van der Waals surface area contributed by atoms with Crippen LogP contribution in [-0.4, -0.2) is 42.4 Å². The highest BCUT2D eigenvalue weighted by Gasteiger charge is 2.37. The normalized spacial score (nSPS) is 23.3. The van der Waals surface area contributed by atoms with Crippen LogP contribution in [0.15, 0.2) is 24.3 Å². The number of ether oxygens (including phenoxy) is 1. The van der Waals surface area contributed by atoms with E-state index in [2.05, 4.69) is 6.07 Å². The summed E-state index contributed by atoms with van der Waals surface area (Å²) in [5.41, 5.74) is 1.17. The minimum Gasteiger partial charge on any atom is -0.497 e. The summed E-state index contributed by atoms with van der Waals surface area (Å²) in [6.45, 7) is 1.72. The predicted octanol–water partition coefficient (Wildman–Crippen LogP) is 1.38. The van der Waals surface area contributed by atoms with E-state index < -0.39 is 7.05 Å². The molecule has 1 aliphatic rings. The number of carbonyl (C=O) groups is 1. The summed E-state index contributed by atoms with van der Waals surface area (Å²) >= 11 is 0. The minimum atomic E-state index is -0.590. The van der Waals surface area contributed by atoms with E-state index in [4.69, 9.17) is 4.74 Å². The van der Waals surface area contributed by atoms with Gasteiger partial charge in [0.05, 0.1) is 13.2 Å². The highest BCUT2D eigenvalue weighted by atomic mass is 16.5. The molecular formula is C14H20BNO3. The number of methoxy groups -OCH3 is 1. The van der Waals surface area contributed by atoms with Crippen LogP contribution in [0.4, 0.5) is 0 Å². The lowest BCUT2D eigenvalue weighted by Crippen LogP contribution is -2.47. The molecule has 0 bridgehead atoms. The van der Waals surface area contributed by atoms with Crippen molar-refractivity contribution in [1.82, 2.24) is 4.81 Å². The lowest BCUT2D eigenvalue weighted by molar-refractivity contribution is -0.110. The highest BCUT2D eigenvalue weighted by molar-refractivity contribution is 6.45. The first-order chi connectivity index (χ1) is 9.15. The van der Waals surface area contributed by atoms with Crippen molar-refractivity contribution in [1.29, 1.82) is 0 Å². The Balaban J connectivity index is 2.11. The predicted molar refractivity (Wildman–Crippen MR) is 75.2 cm³/mol. The van der Waals surface area contributed by atoms with Gasteiger partial charge in [-0.05, 0) is 43.8 Å². The van der Waals surface area contributed by atoms with E-state index in [1.807, 2.05) is 23.0 Å². The monoisotopic (exact) mass is 261 g/mol. The molecule has 2 atom stereocenters. The fraction of sp³-hybridized carbons (Fsp3) is 0.500. The highest BCUT2D eigenvalue weighted by Crippen LogP contribution is 2.27. The van der Waals surface area contributed by atoms with Gasteiger partial charge < -0.3 is 19.4 Å². The van der Waals surface area contributed by atoms with Crippen LogP contribution in [0.5, 0.6) is 5.75 Å². The molecule has 0 aliphatic carbocycles. The quantitative estimate of drug-likeness (QED) is 0.642. The maximum Gasteiger partial charge on any atom is 0.377 e. The molecule has 0 spiro atoms. The van der Waals surface area contributed by atoms with Crippen LogP contribution < -0.4 is 4.74 Å². The molecule has 1 aromatic carbocycles. The lowest BCUT2D eigenvalue weighted by Gasteiger charge is -2.28. The average Bonchev–Trinajstić information content (AvgIpc) is 2.82. The van der Waals surface area contributed by atoms with Gasteiger partial charge in [-0.25, -0.2) is 0 Å². The Hall–Kier alpha value is -1.33. The van der Waals surface area contributed by atoms with Crippen molar-refractivity contribution in [2.45, 2.75) is 38.2 Å². The molecule has 1 aliphatic heterocycles. The first kappa shape index (κ1) is 14.1. The first-order valence-corrected chi connectivity index (χ1v) is 6.69. The van der Waals surface area contributed by atoms with Gasteiger partial charge in [-0.2, -0.15) is 0 Å². The molecule has 1 N–H and O–H groups in total. The fourth-order valence-corrected chi connectivity index (χ4v) is 2.93. The first-order valence-electron chi connectivity index (χ1n) is 6.69. The van der Waals surface area contributed by atoms with Gasteiger partial charge in [0.25, 0.3) is 0 Å². The van der Waals surface area contributed by atoms with Gasteiger partial charge in [-0.15, -0.1) is 0 Å². The molecule has 1 aromatic rings. The second kappa shape index (κ2) is 6.22. The third-order valence-electron chi connectivity index (χ3n) is 3.79. The number of aldehydes is 1. The largest absolute Gasteiger partial charge is 0.497 e. The van der Waals surface area contributed by atoms with E-state index in [1.165, 1.54) is 5.56 Å². The van der Waals surface area contributed by atoms with Crippen molar-refractivity contribution >= 4 is 13.3 Å². The van der Waals surface area contributed by atoms with Crippen LogP contribution in [0.25, 0.3) is 0 Å². The van der Waals surface area contributed by atoms with Crippen molar-refractivity contribution in [3.63, 3.8) is 0 Å². The van der Waals surface area contributed by atoms with Crippen molar-refractivity contribution in [3.05, 3.63) is 29.8 Å². The smallest absolute Gasteiger partial charge is 0.377 e. The van der Waals surface area contributed by atoms with Crippen LogP contribution >= 0.6 is 0 Å². The van der Waals surface area contributed by atoms with E-state index in [1.54, 1.807) is 13.9 Å². The molecule has 19 heavy (non-hydrogen) atoms. The zero-order valence-electron chi connectivity index (χ0n) is 11.5. The van der Waals surface area contributed by atoms with E-state index in [-0.39, 0.29) is 12.1 Å². The summed E-state index contributed by atoms with van der Waals surface area (Å²) in [6, 6.07) is 8.00. The summed E-state index contributed by atoms with van der Waals surface area (Å²) < 4.78 is 5.22. The van der Waals surface area contributed by atoms with Crippen LogP contribution in [0.1, 0.15) is 18.4 Å². The SMILES string of the molecule is COc1cccc(C[C@@H]2CC[C@H](C=O)N2B(C)O)c1. The van der Waals surface area contributed by atoms with Crippen molar-refractivity contribution < 1.29 is 14.6 Å². The van der Waals surface area contributed by atoms with Gasteiger partial charge in [-0.1, -0.05) is 12.1 Å². The zero-order chi connectivity index (χ0) is 13.8. The minimum absolute atomic E-state index is 0.157. The van der Waals surface area contributed by atoms with Gasteiger partial charge >= 0.3 is 7.05 Å². The summed E-state index contributed by atoms with van der Waals surface area (Å²) in [4.78, 5) is 13.0. The van der Waals surface area contributed by atoms with E-state index in [0.717, 1.165) is 31.3 Å². The van der Waals surface area contributed by atoms with Crippen LogP contribution in [0, 0.1) is 0 Å². The summed E-state index contributed by atoms with van der Waals surface area (Å²) in [5.74, 6) is 0.839. The van der Waals surface area contributed by atoms with Gasteiger partial charge in [0.15, 0.2) is 0 Å². The fourth-order valence-electron chi connectivity index (χ4n) is 2.93. The molecule has 0 amide bonds. The lowest BCUT2D eigenvalue weighted by atomic mass is 9.82. The third kappa shape index (κ3) is 3.17. The van der Waals surface area contributed by atoms with Gasteiger partial charge in [0, 0.05) is 6.04 Å². The Morgan fingerprint density at radius 3 is 2.95 bits per heavy atom. The molecule has 4 nitrogen and oxygen atoms in total. The molecular weight excluding hydrogens is 241 g/mol. The van der Waals surface area contributed by atoms with E-state index in [9.17, 15) is 9.82 Å². The Bertz CT molecular complexity index is 438. The molecule has 5 heteroatoms. The number of hydrogen-bond acceptors (Lipinski definition) is 4. The van der Waals surface area contributed by atoms with E-state index in [0.29, 0.717) is 0 Å². The average molecular weight is 261 g/mol. The number of benzene rings is 1. The molecule has 1 saturated heterocycles. The van der Waals surface area contributed by atoms with Crippen LogP contribution in [-0.2, 0) is 11.2 Å². The molecule has 0 saturated carbocycles. The Kier molecular flexibility index (Phi) is 4.61. The molecule has 0 radical (unpaired) electrons. The standard InChI is InChI=1S/C14H20BNO3/c1-15(18)16-12(6-7-13(16)10-17)8-11-4-3-5-14(9-11)19-2/h3-5,9-10,12-13,18H,6-8H2,1-2H3/t12-,13+/m0/s1. The number of rotatable bonds is 5.